The van der Waals surface area contributed by atoms with Crippen molar-refractivity contribution in [1.29, 1.82) is 0 Å². The van der Waals surface area contributed by atoms with Gasteiger partial charge in [0.05, 0.1) is 6.20 Å². The summed E-state index contributed by atoms with van der Waals surface area (Å²) in [6.45, 7) is 2.76. The first-order chi connectivity index (χ1) is 14.7. The smallest absolute Gasteiger partial charge is 0.245 e. The van der Waals surface area contributed by atoms with Crippen LogP contribution in [0.15, 0.2) is 48.7 Å². The largest absolute Gasteiger partial charge is 0.507 e. The van der Waals surface area contributed by atoms with E-state index in [1.54, 1.807) is 12.3 Å². The minimum atomic E-state index is 0. The molecule has 7 nitrogen and oxygen atoms in total. The van der Waals surface area contributed by atoms with Crippen molar-refractivity contribution in [2.75, 3.05) is 36.9 Å². The molecule has 1 aliphatic carbocycles. The van der Waals surface area contributed by atoms with Crippen LogP contribution in [0.1, 0.15) is 12.8 Å². The molecule has 1 atom stereocenters. The third-order valence-corrected chi connectivity index (χ3v) is 6.01. The van der Waals surface area contributed by atoms with Gasteiger partial charge in [0.1, 0.15) is 11.4 Å². The first-order valence-electron chi connectivity index (χ1n) is 10.5. The number of hydrogen-bond donors (Lipinski definition) is 3. The van der Waals surface area contributed by atoms with Crippen molar-refractivity contribution < 1.29 is 5.11 Å². The van der Waals surface area contributed by atoms with Crippen molar-refractivity contribution in [1.82, 2.24) is 20.5 Å². The molecule has 2 aromatic carbocycles. The molecule has 0 spiro atoms. The molecule has 0 radical (unpaired) electrons. The number of aromatic nitrogens is 3. The molecule has 2 fully saturated rings. The number of benzene rings is 2. The molecule has 9 heteroatoms. The zero-order valence-corrected chi connectivity index (χ0v) is 19.5. The maximum atomic E-state index is 10.6. The van der Waals surface area contributed by atoms with Crippen LogP contribution in [0.4, 0.5) is 11.6 Å². The number of phenols is 1. The maximum Gasteiger partial charge on any atom is 0.245 e. The summed E-state index contributed by atoms with van der Waals surface area (Å²) < 4.78 is 0. The number of hydrogen-bond acceptors (Lipinski definition) is 7. The summed E-state index contributed by atoms with van der Waals surface area (Å²) >= 11 is 0. The van der Waals surface area contributed by atoms with Gasteiger partial charge >= 0.3 is 0 Å². The van der Waals surface area contributed by atoms with Gasteiger partial charge in [-0.2, -0.15) is 0 Å². The summed E-state index contributed by atoms with van der Waals surface area (Å²) in [4.78, 5) is 6.74. The number of aromatic hydroxyl groups is 1. The van der Waals surface area contributed by atoms with Gasteiger partial charge in [-0.1, -0.05) is 18.2 Å². The Labute approximate surface area is 200 Å². The van der Waals surface area contributed by atoms with Crippen LogP contribution in [0, 0.1) is 5.92 Å². The molecule has 1 aromatic heterocycles. The number of piperazine rings is 1. The first-order valence-corrected chi connectivity index (χ1v) is 10.5. The molecule has 1 saturated carbocycles. The molecule has 1 aliphatic heterocycles. The fourth-order valence-corrected chi connectivity index (χ4v) is 4.07. The molecule has 170 valence electrons. The zero-order valence-electron chi connectivity index (χ0n) is 17.9. The van der Waals surface area contributed by atoms with Gasteiger partial charge in [-0.25, -0.2) is 4.98 Å². The minimum Gasteiger partial charge on any atom is -0.507 e. The molecule has 2 heterocycles. The topological polar surface area (TPSA) is 86.2 Å². The van der Waals surface area contributed by atoms with Gasteiger partial charge in [-0.3, -0.25) is 0 Å². The summed E-state index contributed by atoms with van der Waals surface area (Å²) in [6.07, 6.45) is 4.34. The van der Waals surface area contributed by atoms with Gasteiger partial charge < -0.3 is 20.6 Å². The van der Waals surface area contributed by atoms with Gasteiger partial charge in [0.2, 0.25) is 5.95 Å². The van der Waals surface area contributed by atoms with Crippen molar-refractivity contribution in [2.45, 2.75) is 18.9 Å². The Kier molecular flexibility index (Phi) is 7.77. The SMILES string of the molecule is CNc1ccc(-c2ccc(-c3cnc(N4CCN[C@@H](C5CC5)C4)nn3)c(O)c2)cc1.Cl.Cl. The Morgan fingerprint density at radius 2 is 1.78 bits per heavy atom. The number of nitrogens with one attached hydrogen (secondary N) is 2. The van der Waals surface area contributed by atoms with Gasteiger partial charge in [-0.15, -0.1) is 35.0 Å². The van der Waals surface area contributed by atoms with E-state index >= 15 is 0 Å². The molecule has 3 N–H and O–H groups in total. The average molecular weight is 475 g/mol. The number of halogens is 2. The fourth-order valence-electron chi connectivity index (χ4n) is 4.07. The van der Waals surface area contributed by atoms with Crippen molar-refractivity contribution in [3.63, 3.8) is 0 Å². The summed E-state index contributed by atoms with van der Waals surface area (Å²) in [5.41, 5.74) is 4.24. The lowest BCUT2D eigenvalue weighted by molar-refractivity contribution is 0.414. The Hall–Kier alpha value is -2.61. The second kappa shape index (κ2) is 10.3. The Bertz CT molecular complexity index is 1030. The Morgan fingerprint density at radius 1 is 1.03 bits per heavy atom. The lowest BCUT2D eigenvalue weighted by Gasteiger charge is -2.33. The quantitative estimate of drug-likeness (QED) is 0.515. The second-order valence-corrected chi connectivity index (χ2v) is 8.05. The van der Waals surface area contributed by atoms with Gasteiger partial charge in [-0.05, 0) is 54.2 Å². The highest BCUT2D eigenvalue weighted by atomic mass is 35.5. The van der Waals surface area contributed by atoms with E-state index in [4.69, 9.17) is 0 Å². The molecule has 2 aliphatic rings. The van der Waals surface area contributed by atoms with E-state index in [0.29, 0.717) is 23.2 Å². The van der Waals surface area contributed by atoms with Crippen LogP contribution in [0.3, 0.4) is 0 Å². The maximum absolute atomic E-state index is 10.6. The van der Waals surface area contributed by atoms with E-state index in [1.165, 1.54) is 12.8 Å². The Morgan fingerprint density at radius 3 is 2.41 bits per heavy atom. The standard InChI is InChI=1S/C23H26N6O.2ClH/c1-24-18-7-4-15(5-8-18)17-6-9-19(22(30)12-17)20-13-26-23(28-27-20)29-11-10-25-21(14-29)16-2-3-16;;/h4-9,12-13,16,21,24-25,30H,2-3,10-11,14H2,1H3;2*1H/t21-;;/m1../s1. The fraction of sp³-hybridized carbons (Fsp3) is 0.348. The number of rotatable bonds is 5. The van der Waals surface area contributed by atoms with Crippen molar-refractivity contribution in [2.24, 2.45) is 5.92 Å². The molecule has 0 unspecified atom stereocenters. The van der Waals surface area contributed by atoms with Crippen LogP contribution in [0.5, 0.6) is 5.75 Å². The second-order valence-electron chi connectivity index (χ2n) is 8.05. The minimum absolute atomic E-state index is 0. The predicted octanol–water partition coefficient (Wildman–Crippen LogP) is 3.98. The van der Waals surface area contributed by atoms with Gasteiger partial charge in [0.25, 0.3) is 0 Å². The van der Waals surface area contributed by atoms with Gasteiger partial charge in [0.15, 0.2) is 0 Å². The molecule has 5 rings (SSSR count). The lowest BCUT2D eigenvalue weighted by Crippen LogP contribution is -2.52. The normalized spacial score (nSPS) is 17.8. The number of phenolic OH excluding ortho intramolecular Hbond substituents is 1. The predicted molar refractivity (Wildman–Crippen MR) is 133 cm³/mol. The van der Waals surface area contributed by atoms with Gasteiger partial charge in [0, 0.05) is 44.0 Å². The van der Waals surface area contributed by atoms with E-state index < -0.39 is 0 Å². The van der Waals surface area contributed by atoms with E-state index in [1.807, 2.05) is 43.4 Å². The molecular weight excluding hydrogens is 447 g/mol. The summed E-state index contributed by atoms with van der Waals surface area (Å²) in [7, 11) is 1.89. The van der Waals surface area contributed by atoms with E-state index in [0.717, 1.165) is 42.4 Å². The molecule has 3 aromatic rings. The summed E-state index contributed by atoms with van der Waals surface area (Å²) in [5.74, 6) is 1.63. The Balaban J connectivity index is 0.00000144. The van der Waals surface area contributed by atoms with Crippen LogP contribution in [0.25, 0.3) is 22.4 Å². The molecular formula is C23H28Cl2N6O. The zero-order chi connectivity index (χ0) is 20.5. The molecule has 32 heavy (non-hydrogen) atoms. The van der Waals surface area contributed by atoms with Crippen LogP contribution < -0.4 is 15.5 Å². The average Bonchev–Trinajstić information content (AvgIpc) is 3.65. The van der Waals surface area contributed by atoms with Crippen molar-refractivity contribution in [3.8, 4) is 28.1 Å². The van der Waals surface area contributed by atoms with Crippen LogP contribution in [-0.2, 0) is 0 Å². The van der Waals surface area contributed by atoms with E-state index in [2.05, 4.69) is 30.7 Å². The van der Waals surface area contributed by atoms with Crippen molar-refractivity contribution >= 4 is 36.4 Å². The summed E-state index contributed by atoms with van der Waals surface area (Å²) in [5, 5.41) is 26.0. The van der Waals surface area contributed by atoms with Crippen LogP contribution in [-0.4, -0.2) is 53.0 Å². The molecule has 0 bridgehead atoms. The molecule has 1 saturated heterocycles. The highest BCUT2D eigenvalue weighted by molar-refractivity contribution is 5.85. The van der Waals surface area contributed by atoms with E-state index in [-0.39, 0.29) is 30.6 Å². The third kappa shape index (κ3) is 5.06. The monoisotopic (exact) mass is 474 g/mol. The lowest BCUT2D eigenvalue weighted by atomic mass is 10.0. The first kappa shape index (κ1) is 24.0. The third-order valence-electron chi connectivity index (χ3n) is 6.01. The van der Waals surface area contributed by atoms with Crippen LogP contribution in [0.2, 0.25) is 0 Å². The summed E-state index contributed by atoms with van der Waals surface area (Å²) in [6, 6.07) is 14.2. The van der Waals surface area contributed by atoms with Crippen LogP contribution >= 0.6 is 24.8 Å². The molecule has 0 amide bonds. The highest BCUT2D eigenvalue weighted by Gasteiger charge is 2.34. The van der Waals surface area contributed by atoms with Crippen molar-refractivity contribution in [3.05, 3.63) is 48.7 Å². The number of nitrogens with zero attached hydrogens (tertiary/aromatic N) is 4. The number of anilines is 2. The van der Waals surface area contributed by atoms with E-state index in [9.17, 15) is 5.11 Å². The highest BCUT2D eigenvalue weighted by Crippen LogP contribution is 2.35.